The van der Waals surface area contributed by atoms with E-state index in [1.807, 2.05) is 73.7 Å². The first-order chi connectivity index (χ1) is 26.9. The van der Waals surface area contributed by atoms with E-state index < -0.39 is 28.2 Å². The molecule has 3 aromatic rings. The second kappa shape index (κ2) is 13.7. The molecule has 0 spiro atoms. The number of aryl methyl sites for hydroxylation is 1. The van der Waals surface area contributed by atoms with Crippen molar-refractivity contribution >= 4 is 17.7 Å². The summed E-state index contributed by atoms with van der Waals surface area (Å²) in [4.78, 5) is 55.6. The molecule has 0 saturated heterocycles. The summed E-state index contributed by atoms with van der Waals surface area (Å²) in [6.07, 6.45) is 9.11. The molecule has 304 valence electrons. The summed E-state index contributed by atoms with van der Waals surface area (Å²) in [5, 5.41) is 0. The molecule has 4 fully saturated rings. The Kier molecular flexibility index (Phi) is 9.52. The van der Waals surface area contributed by atoms with Gasteiger partial charge in [-0.3, -0.25) is 14.4 Å². The monoisotopic (exact) mass is 776 g/mol. The van der Waals surface area contributed by atoms with Crippen LogP contribution in [0.25, 0.3) is 0 Å². The molecule has 1 heterocycles. The van der Waals surface area contributed by atoms with Crippen LogP contribution in [0.5, 0.6) is 0 Å². The normalized spacial score (nSPS) is 38.5. The number of benzene rings is 2. The maximum atomic E-state index is 15.1. The van der Waals surface area contributed by atoms with Gasteiger partial charge in [-0.05, 0) is 135 Å². The van der Waals surface area contributed by atoms with Crippen molar-refractivity contribution in [3.63, 3.8) is 0 Å². The number of carbonyl (C=O) groups excluding carboxylic acids is 3. The first-order valence-electron chi connectivity index (χ1n) is 21.2. The van der Waals surface area contributed by atoms with Gasteiger partial charge in [-0.25, -0.2) is 4.79 Å². The second-order valence-corrected chi connectivity index (χ2v) is 20.1. The zero-order valence-electron chi connectivity index (χ0n) is 35.1. The Bertz CT molecular complexity index is 2110. The standard InChI is InChI=1S/C49H60O8/c1-30-19-21-46(5)38(49(30,8)42(52)54-29-37-31(2)55-43(53)56-37)20-22-48(7)40(46)36(50)27-34-35-28-45(4,24-23-44(35,3)25-26-47(34,48)6)41(51)57-39(32-15-11-9-12-16-32)33-17-13-10-14-18-33/h9-18,27,30,35,38-40H,19-26,28-29H2,1-8H3/t30-,35-,38+,40+,44+,45-,46-,47+,48+,49+/m0/s1. The van der Waals surface area contributed by atoms with Crippen LogP contribution in [0.15, 0.2) is 85.9 Å². The summed E-state index contributed by atoms with van der Waals surface area (Å²) in [5.74, 6) is -0.818. The summed E-state index contributed by atoms with van der Waals surface area (Å²) in [6.45, 7) is 17.1. The second-order valence-electron chi connectivity index (χ2n) is 20.1. The van der Waals surface area contributed by atoms with Crippen molar-refractivity contribution in [2.75, 3.05) is 0 Å². The van der Waals surface area contributed by atoms with Gasteiger partial charge in [-0.2, -0.15) is 0 Å². The van der Waals surface area contributed by atoms with E-state index in [0.29, 0.717) is 12.2 Å². The van der Waals surface area contributed by atoms with Crippen molar-refractivity contribution in [2.45, 2.75) is 126 Å². The van der Waals surface area contributed by atoms with Gasteiger partial charge in [-0.15, -0.1) is 0 Å². The van der Waals surface area contributed by atoms with Gasteiger partial charge >= 0.3 is 17.8 Å². The van der Waals surface area contributed by atoms with Crippen LogP contribution in [-0.2, 0) is 30.5 Å². The number of ketones is 1. The van der Waals surface area contributed by atoms with E-state index in [4.69, 9.17) is 18.3 Å². The van der Waals surface area contributed by atoms with E-state index in [0.717, 1.165) is 62.5 Å². The highest BCUT2D eigenvalue weighted by atomic mass is 16.6. The Morgan fingerprint density at radius 3 is 2.04 bits per heavy atom. The fourth-order valence-electron chi connectivity index (χ4n) is 13.2. The van der Waals surface area contributed by atoms with Crippen LogP contribution < -0.4 is 5.82 Å². The van der Waals surface area contributed by atoms with Crippen molar-refractivity contribution in [3.05, 3.63) is 106 Å². The van der Waals surface area contributed by atoms with Gasteiger partial charge in [0, 0.05) is 5.92 Å². The number of hydrogen-bond acceptors (Lipinski definition) is 8. The molecule has 2 aromatic carbocycles. The minimum atomic E-state index is -0.828. The molecule has 0 radical (unpaired) electrons. The lowest BCUT2D eigenvalue weighted by atomic mass is 9.33. The fraction of sp³-hybridized carbons (Fsp3) is 0.592. The van der Waals surface area contributed by atoms with Gasteiger partial charge in [0.05, 0.1) is 10.8 Å². The molecule has 8 heteroatoms. The molecule has 8 nitrogen and oxygen atoms in total. The van der Waals surface area contributed by atoms with E-state index in [2.05, 4.69) is 41.5 Å². The van der Waals surface area contributed by atoms with Crippen molar-refractivity contribution in [1.29, 1.82) is 0 Å². The number of rotatable bonds is 7. The molecule has 8 rings (SSSR count). The van der Waals surface area contributed by atoms with Crippen LogP contribution in [0, 0.1) is 63.1 Å². The molecule has 5 aliphatic carbocycles. The Morgan fingerprint density at radius 2 is 1.42 bits per heavy atom. The zero-order chi connectivity index (χ0) is 40.8. The summed E-state index contributed by atoms with van der Waals surface area (Å²) >= 11 is 0. The molecule has 1 aromatic heterocycles. The lowest BCUT2D eigenvalue weighted by Crippen LogP contribution is -2.67. The first-order valence-corrected chi connectivity index (χ1v) is 21.2. The van der Waals surface area contributed by atoms with E-state index in [-0.39, 0.29) is 70.0 Å². The highest BCUT2D eigenvalue weighted by molar-refractivity contribution is 5.96. The average Bonchev–Trinajstić information content (AvgIpc) is 3.52. The van der Waals surface area contributed by atoms with Crippen molar-refractivity contribution in [3.8, 4) is 0 Å². The molecule has 5 aliphatic rings. The Hall–Kier alpha value is -4.20. The number of ether oxygens (including phenoxy) is 2. The molecule has 4 saturated carbocycles. The number of allylic oxidation sites excluding steroid dienone is 2. The highest BCUT2D eigenvalue weighted by Gasteiger charge is 2.71. The number of fused-ring (bicyclic) bond motifs is 7. The van der Waals surface area contributed by atoms with Gasteiger partial charge in [0.1, 0.15) is 0 Å². The number of esters is 2. The predicted molar refractivity (Wildman–Crippen MR) is 216 cm³/mol. The summed E-state index contributed by atoms with van der Waals surface area (Å²) in [6, 6.07) is 19.9. The van der Waals surface area contributed by atoms with E-state index in [9.17, 15) is 14.4 Å². The zero-order valence-corrected chi connectivity index (χ0v) is 35.1. The van der Waals surface area contributed by atoms with Gasteiger partial charge in [0.25, 0.3) is 0 Å². The third-order valence-electron chi connectivity index (χ3n) is 17.2. The summed E-state index contributed by atoms with van der Waals surface area (Å²) in [5.41, 5.74) is 0.539. The van der Waals surface area contributed by atoms with E-state index in [1.165, 1.54) is 5.57 Å². The molecular weight excluding hydrogens is 717 g/mol. The number of carbonyl (C=O) groups is 3. The van der Waals surface area contributed by atoms with E-state index in [1.54, 1.807) is 6.92 Å². The molecule has 0 bridgehead atoms. The average molecular weight is 777 g/mol. The van der Waals surface area contributed by atoms with Crippen molar-refractivity contribution in [2.24, 2.45) is 56.2 Å². The molecular formula is C49H60O8. The Morgan fingerprint density at radius 1 is 0.789 bits per heavy atom. The molecule has 57 heavy (non-hydrogen) atoms. The smallest absolute Gasteiger partial charge is 0.457 e. The van der Waals surface area contributed by atoms with Gasteiger partial charge in [-0.1, -0.05) is 101 Å². The topological polar surface area (TPSA) is 113 Å². The third-order valence-corrected chi connectivity index (χ3v) is 17.2. The minimum absolute atomic E-state index is 0.0247. The predicted octanol–water partition coefficient (Wildman–Crippen LogP) is 10.5. The van der Waals surface area contributed by atoms with Crippen molar-refractivity contribution in [1.82, 2.24) is 0 Å². The lowest BCUT2D eigenvalue weighted by Gasteiger charge is -2.70. The van der Waals surface area contributed by atoms with Crippen molar-refractivity contribution < 1.29 is 32.7 Å². The van der Waals surface area contributed by atoms with Crippen LogP contribution >= 0.6 is 0 Å². The maximum Gasteiger partial charge on any atom is 0.519 e. The quantitative estimate of drug-likeness (QED) is 0.218. The van der Waals surface area contributed by atoms with Gasteiger partial charge in [0.15, 0.2) is 30.0 Å². The minimum Gasteiger partial charge on any atom is -0.457 e. The SMILES string of the molecule is Cc1oc(=O)oc1COC(=O)[C@@]1(C)[C@@H]2CC[C@]3(C)[C@H](C(=O)C=C4[C@@H]5C[C@@](C)(C(=O)OC(c6ccccc6)c6ccccc6)CC[C@]5(C)CC[C@]43C)[C@@]2(C)CC[C@@H]1C. The Balaban J connectivity index is 1.10. The highest BCUT2D eigenvalue weighted by Crippen LogP contribution is 2.75. The largest absolute Gasteiger partial charge is 0.519 e. The Labute approximate surface area is 337 Å². The van der Waals surface area contributed by atoms with E-state index >= 15 is 4.79 Å². The molecule has 0 unspecified atom stereocenters. The first kappa shape index (κ1) is 39.6. The third kappa shape index (κ3) is 5.96. The van der Waals surface area contributed by atoms with Crippen LogP contribution in [-0.4, -0.2) is 17.7 Å². The molecule has 0 aliphatic heterocycles. The van der Waals surface area contributed by atoms with Crippen LogP contribution in [0.4, 0.5) is 0 Å². The molecule has 10 atom stereocenters. The fourth-order valence-corrected chi connectivity index (χ4v) is 13.2. The summed E-state index contributed by atoms with van der Waals surface area (Å²) < 4.78 is 22.6. The summed E-state index contributed by atoms with van der Waals surface area (Å²) in [7, 11) is 0. The van der Waals surface area contributed by atoms with Crippen LogP contribution in [0.3, 0.4) is 0 Å². The van der Waals surface area contributed by atoms with Crippen LogP contribution in [0.2, 0.25) is 0 Å². The lowest BCUT2D eigenvalue weighted by molar-refractivity contribution is -0.209. The number of hydrogen-bond donors (Lipinski definition) is 0. The van der Waals surface area contributed by atoms with Crippen LogP contribution in [0.1, 0.15) is 135 Å². The van der Waals surface area contributed by atoms with Gasteiger partial charge < -0.3 is 18.3 Å². The molecule has 0 N–H and O–H groups in total. The van der Waals surface area contributed by atoms with Gasteiger partial charge in [0.2, 0.25) is 0 Å². The molecule has 0 amide bonds. The maximum absolute atomic E-state index is 15.1.